The fourth-order valence-electron chi connectivity index (χ4n) is 2.54. The van der Waals surface area contributed by atoms with Crippen molar-refractivity contribution in [1.82, 2.24) is 0 Å². The summed E-state index contributed by atoms with van der Waals surface area (Å²) in [5, 5.41) is 0. The van der Waals surface area contributed by atoms with E-state index >= 15 is 0 Å². The molecular formula is C16H20O3. The van der Waals surface area contributed by atoms with E-state index in [0.29, 0.717) is 18.6 Å². The Bertz CT molecular complexity index is 491. The molecule has 1 aliphatic carbocycles. The summed E-state index contributed by atoms with van der Waals surface area (Å²) in [4.78, 5) is 23.5. The lowest BCUT2D eigenvalue weighted by molar-refractivity contribution is -0.134. The van der Waals surface area contributed by atoms with Crippen LogP contribution >= 0.6 is 0 Å². The fraction of sp³-hybridized carbons (Fsp3) is 0.500. The zero-order chi connectivity index (χ0) is 13.8. The third-order valence-electron chi connectivity index (χ3n) is 3.61. The van der Waals surface area contributed by atoms with Crippen LogP contribution in [0.1, 0.15) is 56.1 Å². The Morgan fingerprint density at radius 2 is 2.16 bits per heavy atom. The second-order valence-corrected chi connectivity index (χ2v) is 5.13. The molecule has 1 aromatic rings. The lowest BCUT2D eigenvalue weighted by Crippen LogP contribution is -2.19. The van der Waals surface area contributed by atoms with Crippen molar-refractivity contribution in [3.63, 3.8) is 0 Å². The Balaban J connectivity index is 2.33. The van der Waals surface area contributed by atoms with Crippen LogP contribution in [0.3, 0.4) is 0 Å². The van der Waals surface area contributed by atoms with Gasteiger partial charge in [-0.3, -0.25) is 9.59 Å². The molecule has 1 aliphatic rings. The van der Waals surface area contributed by atoms with Crippen molar-refractivity contribution in [1.29, 1.82) is 0 Å². The number of carbonyl (C=O) groups is 2. The van der Waals surface area contributed by atoms with E-state index in [1.807, 2.05) is 19.1 Å². The number of ether oxygens (including phenoxy) is 1. The quantitative estimate of drug-likeness (QED) is 0.616. The normalized spacial score (nSPS) is 19.3. The van der Waals surface area contributed by atoms with E-state index < -0.39 is 0 Å². The van der Waals surface area contributed by atoms with Crippen LogP contribution in [0.4, 0.5) is 0 Å². The van der Waals surface area contributed by atoms with Crippen LogP contribution in [-0.2, 0) is 9.59 Å². The van der Waals surface area contributed by atoms with E-state index in [1.54, 1.807) is 13.0 Å². The van der Waals surface area contributed by atoms with Gasteiger partial charge in [0, 0.05) is 24.3 Å². The lowest BCUT2D eigenvalue weighted by atomic mass is 9.82. The minimum absolute atomic E-state index is 0.103. The highest BCUT2D eigenvalue weighted by Gasteiger charge is 2.27. The predicted molar refractivity (Wildman–Crippen MR) is 73.3 cm³/mol. The highest BCUT2D eigenvalue weighted by Crippen LogP contribution is 2.36. The number of esters is 1. The lowest BCUT2D eigenvalue weighted by Gasteiger charge is -2.23. The van der Waals surface area contributed by atoms with E-state index in [1.165, 1.54) is 0 Å². The zero-order valence-electron chi connectivity index (χ0n) is 11.6. The number of ketones is 1. The van der Waals surface area contributed by atoms with E-state index in [-0.39, 0.29) is 17.7 Å². The highest BCUT2D eigenvalue weighted by atomic mass is 16.5. The molecule has 0 bridgehead atoms. The van der Waals surface area contributed by atoms with Crippen LogP contribution in [0.5, 0.6) is 5.75 Å². The Labute approximate surface area is 114 Å². The first kappa shape index (κ1) is 13.8. The second-order valence-electron chi connectivity index (χ2n) is 5.13. The van der Waals surface area contributed by atoms with Gasteiger partial charge in [0.15, 0.2) is 0 Å². The molecular weight excluding hydrogens is 240 g/mol. The summed E-state index contributed by atoms with van der Waals surface area (Å²) in [6.07, 6.45) is 3.88. The van der Waals surface area contributed by atoms with Crippen LogP contribution in [0.2, 0.25) is 0 Å². The van der Waals surface area contributed by atoms with Crippen LogP contribution in [0, 0.1) is 6.92 Å². The number of hydrogen-bond donors (Lipinski definition) is 0. The average molecular weight is 260 g/mol. The molecule has 1 atom stereocenters. The summed E-state index contributed by atoms with van der Waals surface area (Å²) in [7, 11) is 0. The maximum absolute atomic E-state index is 12.1. The van der Waals surface area contributed by atoms with Crippen LogP contribution in [0.25, 0.3) is 0 Å². The van der Waals surface area contributed by atoms with Crippen molar-refractivity contribution in [2.75, 3.05) is 0 Å². The van der Waals surface area contributed by atoms with E-state index in [4.69, 9.17) is 4.74 Å². The Morgan fingerprint density at radius 1 is 1.37 bits per heavy atom. The molecule has 0 heterocycles. The molecule has 3 nitrogen and oxygen atoms in total. The van der Waals surface area contributed by atoms with Gasteiger partial charge in [-0.2, -0.15) is 0 Å². The standard InChI is InChI=1S/C16H20O3/c1-3-16(18)19-15-9-8-11(2)10-13(15)12-6-4-5-7-14(12)17/h8-10,12H,3-7H2,1-2H3. The number of benzene rings is 1. The molecule has 1 aromatic carbocycles. The SMILES string of the molecule is CCC(=O)Oc1ccc(C)cc1C1CCCCC1=O. The zero-order valence-corrected chi connectivity index (χ0v) is 11.6. The van der Waals surface area contributed by atoms with Crippen LogP contribution in [-0.4, -0.2) is 11.8 Å². The third kappa shape index (κ3) is 3.22. The summed E-state index contributed by atoms with van der Waals surface area (Å²) >= 11 is 0. The molecule has 19 heavy (non-hydrogen) atoms. The van der Waals surface area contributed by atoms with Crippen LogP contribution < -0.4 is 4.74 Å². The maximum atomic E-state index is 12.1. The molecule has 3 heteroatoms. The second kappa shape index (κ2) is 6.00. The maximum Gasteiger partial charge on any atom is 0.310 e. The van der Waals surface area contributed by atoms with Crippen LogP contribution in [0.15, 0.2) is 18.2 Å². The molecule has 0 aromatic heterocycles. The summed E-state index contributed by atoms with van der Waals surface area (Å²) in [6.45, 7) is 3.75. The predicted octanol–water partition coefficient (Wildman–Crippen LogP) is 3.54. The van der Waals surface area contributed by atoms with Gasteiger partial charge in [-0.25, -0.2) is 0 Å². The fourth-order valence-corrected chi connectivity index (χ4v) is 2.54. The van der Waals surface area contributed by atoms with Gasteiger partial charge < -0.3 is 4.74 Å². The molecule has 102 valence electrons. The minimum Gasteiger partial charge on any atom is -0.426 e. The molecule has 1 saturated carbocycles. The Morgan fingerprint density at radius 3 is 2.84 bits per heavy atom. The first-order valence-electron chi connectivity index (χ1n) is 6.95. The summed E-state index contributed by atoms with van der Waals surface area (Å²) in [5.74, 6) is 0.463. The van der Waals surface area contributed by atoms with Crippen molar-refractivity contribution >= 4 is 11.8 Å². The molecule has 0 saturated heterocycles. The number of rotatable bonds is 3. The van der Waals surface area contributed by atoms with Crippen molar-refractivity contribution in [3.8, 4) is 5.75 Å². The van der Waals surface area contributed by atoms with E-state index in [0.717, 1.165) is 30.4 Å². The van der Waals surface area contributed by atoms with Gasteiger partial charge >= 0.3 is 5.97 Å². The third-order valence-corrected chi connectivity index (χ3v) is 3.61. The Hall–Kier alpha value is -1.64. The first-order valence-corrected chi connectivity index (χ1v) is 6.95. The smallest absolute Gasteiger partial charge is 0.310 e. The van der Waals surface area contributed by atoms with Gasteiger partial charge in [-0.05, 0) is 25.8 Å². The van der Waals surface area contributed by atoms with Crippen molar-refractivity contribution in [2.45, 2.75) is 51.9 Å². The number of Topliss-reactive ketones (excluding diaryl/α,β-unsaturated/α-hetero) is 1. The average Bonchev–Trinajstić information content (AvgIpc) is 2.41. The summed E-state index contributed by atoms with van der Waals surface area (Å²) < 4.78 is 5.36. The van der Waals surface area contributed by atoms with E-state index in [9.17, 15) is 9.59 Å². The molecule has 0 aliphatic heterocycles. The molecule has 0 radical (unpaired) electrons. The topological polar surface area (TPSA) is 43.4 Å². The molecule has 1 fully saturated rings. The van der Waals surface area contributed by atoms with Gasteiger partial charge in [0.1, 0.15) is 11.5 Å². The number of hydrogen-bond acceptors (Lipinski definition) is 3. The van der Waals surface area contributed by atoms with Gasteiger partial charge in [-0.1, -0.05) is 31.0 Å². The minimum atomic E-state index is -0.256. The van der Waals surface area contributed by atoms with Crippen molar-refractivity contribution < 1.29 is 14.3 Å². The number of aryl methyl sites for hydroxylation is 1. The van der Waals surface area contributed by atoms with Crippen molar-refractivity contribution in [3.05, 3.63) is 29.3 Å². The number of carbonyl (C=O) groups excluding carboxylic acids is 2. The molecule has 0 N–H and O–H groups in total. The largest absolute Gasteiger partial charge is 0.426 e. The first-order chi connectivity index (χ1) is 9.11. The summed E-state index contributed by atoms with van der Waals surface area (Å²) in [5.41, 5.74) is 1.97. The molecule has 2 rings (SSSR count). The highest BCUT2D eigenvalue weighted by molar-refractivity contribution is 5.87. The molecule has 0 spiro atoms. The van der Waals surface area contributed by atoms with Gasteiger partial charge in [-0.15, -0.1) is 0 Å². The van der Waals surface area contributed by atoms with Gasteiger partial charge in [0.05, 0.1) is 0 Å². The Kier molecular flexibility index (Phi) is 4.35. The van der Waals surface area contributed by atoms with Crippen molar-refractivity contribution in [2.24, 2.45) is 0 Å². The van der Waals surface area contributed by atoms with Gasteiger partial charge in [0.2, 0.25) is 0 Å². The van der Waals surface area contributed by atoms with Gasteiger partial charge in [0.25, 0.3) is 0 Å². The monoisotopic (exact) mass is 260 g/mol. The summed E-state index contributed by atoms with van der Waals surface area (Å²) in [6, 6.07) is 5.70. The van der Waals surface area contributed by atoms with E-state index in [2.05, 4.69) is 0 Å². The molecule has 1 unspecified atom stereocenters. The molecule has 0 amide bonds.